The molecule has 0 radical (unpaired) electrons. The summed E-state index contributed by atoms with van der Waals surface area (Å²) in [5, 5.41) is -0.0636. The number of thioether (sulfide) groups is 1. The summed E-state index contributed by atoms with van der Waals surface area (Å²) in [5.74, 6) is 1.99. The molecular formula is C18H20N2O3S. The van der Waals surface area contributed by atoms with Gasteiger partial charge in [-0.3, -0.25) is 9.78 Å². The molecule has 1 saturated heterocycles. The summed E-state index contributed by atoms with van der Waals surface area (Å²) >= 11 is 1.62. The Bertz CT molecular complexity index is 709. The second-order valence-corrected chi connectivity index (χ2v) is 6.47. The molecule has 5 nitrogen and oxygen atoms in total. The molecule has 0 aliphatic carbocycles. The number of carbonyl (C=O) groups excluding carboxylic acids is 1. The number of ether oxygens (including phenoxy) is 2. The van der Waals surface area contributed by atoms with Gasteiger partial charge in [0.25, 0.3) is 0 Å². The number of aromatic nitrogens is 1. The van der Waals surface area contributed by atoms with Gasteiger partial charge in [0, 0.05) is 30.4 Å². The van der Waals surface area contributed by atoms with Crippen LogP contribution in [0, 0.1) is 0 Å². The average molecular weight is 344 g/mol. The van der Waals surface area contributed by atoms with E-state index in [1.165, 1.54) is 0 Å². The number of benzene rings is 1. The summed E-state index contributed by atoms with van der Waals surface area (Å²) in [5.41, 5.74) is 1.95. The number of hydrogen-bond acceptors (Lipinski definition) is 5. The van der Waals surface area contributed by atoms with E-state index in [0.717, 1.165) is 17.7 Å². The number of para-hydroxylation sites is 1. The molecule has 24 heavy (non-hydrogen) atoms. The molecule has 3 rings (SSSR count). The van der Waals surface area contributed by atoms with Crippen molar-refractivity contribution in [3.05, 3.63) is 53.9 Å². The van der Waals surface area contributed by atoms with Crippen molar-refractivity contribution in [1.29, 1.82) is 0 Å². The molecule has 6 heteroatoms. The van der Waals surface area contributed by atoms with Gasteiger partial charge in [-0.2, -0.15) is 0 Å². The molecule has 1 aliphatic heterocycles. The zero-order chi connectivity index (χ0) is 16.9. The van der Waals surface area contributed by atoms with E-state index in [2.05, 4.69) is 4.98 Å². The van der Waals surface area contributed by atoms with E-state index in [1.54, 1.807) is 32.2 Å². The molecule has 1 atom stereocenters. The van der Waals surface area contributed by atoms with Gasteiger partial charge in [-0.25, -0.2) is 0 Å². The quantitative estimate of drug-likeness (QED) is 0.806. The second-order valence-electron chi connectivity index (χ2n) is 5.40. The Balaban J connectivity index is 1.83. The van der Waals surface area contributed by atoms with E-state index in [-0.39, 0.29) is 11.3 Å². The van der Waals surface area contributed by atoms with E-state index in [4.69, 9.17) is 9.47 Å². The van der Waals surface area contributed by atoms with Gasteiger partial charge in [0.2, 0.25) is 5.91 Å². The number of pyridine rings is 1. The SMILES string of the molecule is COc1cccc(C2SCC(=O)N2CCc2ccccn2)c1OC. The van der Waals surface area contributed by atoms with E-state index < -0.39 is 0 Å². The highest BCUT2D eigenvalue weighted by molar-refractivity contribution is 8.00. The molecule has 1 unspecified atom stereocenters. The molecule has 1 aromatic carbocycles. The molecule has 0 spiro atoms. The molecule has 2 heterocycles. The molecule has 126 valence electrons. The van der Waals surface area contributed by atoms with Crippen LogP contribution in [0.3, 0.4) is 0 Å². The van der Waals surface area contributed by atoms with E-state index >= 15 is 0 Å². The summed E-state index contributed by atoms with van der Waals surface area (Å²) < 4.78 is 10.9. The Labute approximate surface area is 146 Å². The van der Waals surface area contributed by atoms with Gasteiger partial charge in [-0.05, 0) is 18.2 Å². The molecule has 1 amide bonds. The maximum atomic E-state index is 12.3. The van der Waals surface area contributed by atoms with Crippen molar-refractivity contribution in [2.45, 2.75) is 11.8 Å². The van der Waals surface area contributed by atoms with Crippen LogP contribution in [0.2, 0.25) is 0 Å². The summed E-state index contributed by atoms with van der Waals surface area (Å²) in [7, 11) is 3.24. The van der Waals surface area contributed by atoms with Crippen LogP contribution in [0.5, 0.6) is 11.5 Å². The van der Waals surface area contributed by atoms with Crippen LogP contribution in [0.4, 0.5) is 0 Å². The molecule has 2 aromatic rings. The number of carbonyl (C=O) groups is 1. The predicted octanol–water partition coefficient (Wildman–Crippen LogP) is 2.92. The molecule has 1 aromatic heterocycles. The van der Waals surface area contributed by atoms with Crippen molar-refractivity contribution >= 4 is 17.7 Å². The van der Waals surface area contributed by atoms with Crippen molar-refractivity contribution in [3.63, 3.8) is 0 Å². The zero-order valence-electron chi connectivity index (χ0n) is 13.8. The largest absolute Gasteiger partial charge is 0.493 e. The molecule has 1 aliphatic rings. The van der Waals surface area contributed by atoms with Crippen LogP contribution in [-0.2, 0) is 11.2 Å². The van der Waals surface area contributed by atoms with Crippen LogP contribution >= 0.6 is 11.8 Å². The number of hydrogen-bond donors (Lipinski definition) is 0. The van der Waals surface area contributed by atoms with Crippen LogP contribution in [0.15, 0.2) is 42.6 Å². The summed E-state index contributed by atoms with van der Waals surface area (Å²) in [6.45, 7) is 0.633. The zero-order valence-corrected chi connectivity index (χ0v) is 14.6. The first-order valence-corrected chi connectivity index (χ1v) is 8.81. The molecule has 0 bridgehead atoms. The summed E-state index contributed by atoms with van der Waals surface area (Å²) in [4.78, 5) is 18.6. The second kappa shape index (κ2) is 7.57. The number of nitrogens with zero attached hydrogens (tertiary/aromatic N) is 2. The number of rotatable bonds is 6. The van der Waals surface area contributed by atoms with Gasteiger partial charge in [0.05, 0.1) is 20.0 Å². The molecule has 1 fully saturated rings. The standard InChI is InChI=1S/C18H20N2O3S/c1-22-15-8-5-7-14(17(15)23-2)18-20(16(21)12-24-18)11-9-13-6-3-4-10-19-13/h3-8,10,18H,9,11-12H2,1-2H3. The highest BCUT2D eigenvalue weighted by Crippen LogP contribution is 2.45. The normalized spacial score (nSPS) is 17.2. The third kappa shape index (κ3) is 3.33. The highest BCUT2D eigenvalue weighted by atomic mass is 32.2. The highest BCUT2D eigenvalue weighted by Gasteiger charge is 2.35. The van der Waals surface area contributed by atoms with Crippen LogP contribution in [-0.4, -0.2) is 42.3 Å². The molecule has 0 N–H and O–H groups in total. The van der Waals surface area contributed by atoms with Crippen molar-refractivity contribution in [2.24, 2.45) is 0 Å². The van der Waals surface area contributed by atoms with E-state index in [0.29, 0.717) is 23.8 Å². The first-order valence-electron chi connectivity index (χ1n) is 7.76. The minimum Gasteiger partial charge on any atom is -0.493 e. The Morgan fingerprint density at radius 1 is 1.21 bits per heavy atom. The van der Waals surface area contributed by atoms with Gasteiger partial charge in [-0.15, -0.1) is 11.8 Å². The van der Waals surface area contributed by atoms with Crippen LogP contribution in [0.25, 0.3) is 0 Å². The number of amides is 1. The fourth-order valence-corrected chi connectivity index (χ4v) is 4.08. The maximum absolute atomic E-state index is 12.3. The fourth-order valence-electron chi connectivity index (χ4n) is 2.84. The van der Waals surface area contributed by atoms with Gasteiger partial charge in [-0.1, -0.05) is 18.2 Å². The Kier molecular flexibility index (Phi) is 5.25. The van der Waals surface area contributed by atoms with Crippen molar-refractivity contribution in [1.82, 2.24) is 9.88 Å². The number of methoxy groups -OCH3 is 2. The predicted molar refractivity (Wildman–Crippen MR) is 94.4 cm³/mol. The van der Waals surface area contributed by atoms with E-state index in [9.17, 15) is 4.79 Å². The third-order valence-electron chi connectivity index (χ3n) is 4.00. The minimum atomic E-state index is -0.0636. The lowest BCUT2D eigenvalue weighted by atomic mass is 10.1. The molecule has 0 saturated carbocycles. The lowest BCUT2D eigenvalue weighted by molar-refractivity contribution is -0.128. The van der Waals surface area contributed by atoms with Crippen molar-refractivity contribution in [2.75, 3.05) is 26.5 Å². The smallest absolute Gasteiger partial charge is 0.233 e. The third-order valence-corrected chi connectivity index (χ3v) is 5.24. The first kappa shape index (κ1) is 16.6. The Morgan fingerprint density at radius 2 is 2.08 bits per heavy atom. The monoisotopic (exact) mass is 344 g/mol. The maximum Gasteiger partial charge on any atom is 0.233 e. The Hall–Kier alpha value is -2.21. The van der Waals surface area contributed by atoms with Gasteiger partial charge >= 0.3 is 0 Å². The molecular weight excluding hydrogens is 324 g/mol. The topological polar surface area (TPSA) is 51.7 Å². The van der Waals surface area contributed by atoms with Crippen molar-refractivity contribution in [3.8, 4) is 11.5 Å². The fraction of sp³-hybridized carbons (Fsp3) is 0.333. The average Bonchev–Trinajstić information content (AvgIpc) is 3.00. The Morgan fingerprint density at radius 3 is 2.79 bits per heavy atom. The lowest BCUT2D eigenvalue weighted by Gasteiger charge is -2.26. The van der Waals surface area contributed by atoms with Gasteiger partial charge in [0.15, 0.2) is 11.5 Å². The van der Waals surface area contributed by atoms with Gasteiger partial charge in [0.1, 0.15) is 5.37 Å². The van der Waals surface area contributed by atoms with Gasteiger partial charge < -0.3 is 14.4 Å². The summed E-state index contributed by atoms with van der Waals surface area (Å²) in [6, 6.07) is 11.6. The summed E-state index contributed by atoms with van der Waals surface area (Å²) in [6.07, 6.45) is 2.51. The first-order chi connectivity index (χ1) is 11.7. The van der Waals surface area contributed by atoms with Crippen molar-refractivity contribution < 1.29 is 14.3 Å². The lowest BCUT2D eigenvalue weighted by Crippen LogP contribution is -2.30. The van der Waals surface area contributed by atoms with Crippen LogP contribution in [0.1, 0.15) is 16.6 Å². The van der Waals surface area contributed by atoms with Crippen LogP contribution < -0.4 is 9.47 Å². The van der Waals surface area contributed by atoms with E-state index in [1.807, 2.05) is 41.3 Å². The minimum absolute atomic E-state index is 0.0636.